The second-order valence-electron chi connectivity index (χ2n) is 4.91. The Balaban J connectivity index is 1.61. The van der Waals surface area contributed by atoms with Gasteiger partial charge in [-0.2, -0.15) is 5.10 Å². The number of aryl methyl sites for hydroxylation is 1. The first-order chi connectivity index (χ1) is 10.3. The van der Waals surface area contributed by atoms with Crippen molar-refractivity contribution in [1.82, 2.24) is 20.1 Å². The van der Waals surface area contributed by atoms with E-state index in [4.69, 9.17) is 9.47 Å². The Labute approximate surface area is 122 Å². The third-order valence-corrected chi connectivity index (χ3v) is 3.43. The predicted molar refractivity (Wildman–Crippen MR) is 75.2 cm³/mol. The van der Waals surface area contributed by atoms with E-state index in [2.05, 4.69) is 15.4 Å². The molecule has 3 heterocycles. The minimum Gasteiger partial charge on any atom is -0.482 e. The van der Waals surface area contributed by atoms with Crippen molar-refractivity contribution in [3.8, 4) is 5.75 Å². The molecule has 2 atom stereocenters. The van der Waals surface area contributed by atoms with Crippen LogP contribution in [0.15, 0.2) is 30.9 Å². The monoisotopic (exact) mass is 290 g/mol. The van der Waals surface area contributed by atoms with Gasteiger partial charge in [-0.05, 0) is 13.0 Å². The van der Waals surface area contributed by atoms with Gasteiger partial charge in [0.1, 0.15) is 6.10 Å². The van der Waals surface area contributed by atoms with E-state index in [-0.39, 0.29) is 18.1 Å². The highest BCUT2D eigenvalue weighted by Gasteiger charge is 2.32. The van der Waals surface area contributed by atoms with Crippen LogP contribution in [0.4, 0.5) is 0 Å². The third-order valence-electron chi connectivity index (χ3n) is 3.43. The molecule has 0 saturated carbocycles. The van der Waals surface area contributed by atoms with Crippen LogP contribution in [0.3, 0.4) is 0 Å². The number of nitrogens with one attached hydrogen (secondary N) is 2. The molecule has 2 aromatic heterocycles. The zero-order valence-electron chi connectivity index (χ0n) is 11.8. The molecule has 0 bridgehead atoms. The molecule has 0 aliphatic carbocycles. The number of ether oxygens (including phenoxy) is 2. The number of carbonyl (C=O) groups excluding carboxylic acids is 1. The van der Waals surface area contributed by atoms with Crippen molar-refractivity contribution in [2.45, 2.75) is 25.6 Å². The molecule has 0 unspecified atom stereocenters. The van der Waals surface area contributed by atoms with Gasteiger partial charge in [0.25, 0.3) is 5.91 Å². The van der Waals surface area contributed by atoms with E-state index in [0.717, 1.165) is 6.54 Å². The van der Waals surface area contributed by atoms with Crippen molar-refractivity contribution < 1.29 is 14.3 Å². The maximum Gasteiger partial charge on any atom is 0.253 e. The molecule has 0 spiro atoms. The normalized spacial score (nSPS) is 21.4. The van der Waals surface area contributed by atoms with Gasteiger partial charge < -0.3 is 19.8 Å². The van der Waals surface area contributed by atoms with Gasteiger partial charge in [-0.1, -0.05) is 0 Å². The first-order valence-electron chi connectivity index (χ1n) is 6.96. The van der Waals surface area contributed by atoms with E-state index in [1.807, 2.05) is 13.1 Å². The van der Waals surface area contributed by atoms with Crippen molar-refractivity contribution in [2.24, 2.45) is 0 Å². The standard InChI is InChI=1S/C14H18N4O3/c1-2-18-7-11(6-16-18)21-13-9-20-8-12(13)17-14(19)10-3-4-15-5-10/h3-7,12-13,15H,2,8-9H2,1H3,(H,17,19)/t12-,13+/m0/s1. The van der Waals surface area contributed by atoms with Gasteiger partial charge in [-0.15, -0.1) is 0 Å². The van der Waals surface area contributed by atoms with E-state index in [9.17, 15) is 4.79 Å². The van der Waals surface area contributed by atoms with Crippen LogP contribution in [0, 0.1) is 0 Å². The number of hydrogen-bond donors (Lipinski definition) is 2. The maximum absolute atomic E-state index is 12.1. The number of H-pyrrole nitrogens is 1. The molecule has 112 valence electrons. The van der Waals surface area contributed by atoms with Crippen LogP contribution in [0.25, 0.3) is 0 Å². The lowest BCUT2D eigenvalue weighted by atomic mass is 10.2. The topological polar surface area (TPSA) is 81.2 Å². The lowest BCUT2D eigenvalue weighted by molar-refractivity contribution is 0.0904. The molecule has 3 rings (SSSR count). The molecule has 2 aromatic rings. The summed E-state index contributed by atoms with van der Waals surface area (Å²) < 4.78 is 13.1. The molecule has 1 saturated heterocycles. The summed E-state index contributed by atoms with van der Waals surface area (Å²) in [6.07, 6.45) is 6.68. The van der Waals surface area contributed by atoms with Gasteiger partial charge in [0.2, 0.25) is 0 Å². The van der Waals surface area contributed by atoms with E-state index in [0.29, 0.717) is 24.5 Å². The Morgan fingerprint density at radius 2 is 2.52 bits per heavy atom. The molecular weight excluding hydrogens is 272 g/mol. The Kier molecular flexibility index (Phi) is 3.92. The second-order valence-corrected chi connectivity index (χ2v) is 4.91. The van der Waals surface area contributed by atoms with Gasteiger partial charge in [0, 0.05) is 18.9 Å². The summed E-state index contributed by atoms with van der Waals surface area (Å²) in [7, 11) is 0. The average Bonchev–Trinajstić information content (AvgIpc) is 3.21. The van der Waals surface area contributed by atoms with E-state index in [1.165, 1.54) is 0 Å². The fourth-order valence-electron chi connectivity index (χ4n) is 2.26. The van der Waals surface area contributed by atoms with Crippen molar-refractivity contribution in [1.29, 1.82) is 0 Å². The number of nitrogens with zero attached hydrogens (tertiary/aromatic N) is 2. The van der Waals surface area contributed by atoms with Crippen molar-refractivity contribution in [3.05, 3.63) is 36.4 Å². The Hall–Kier alpha value is -2.28. The molecule has 0 aromatic carbocycles. The van der Waals surface area contributed by atoms with Crippen molar-refractivity contribution in [3.63, 3.8) is 0 Å². The summed E-state index contributed by atoms with van der Waals surface area (Å²) in [6.45, 7) is 3.70. The minimum absolute atomic E-state index is 0.135. The third kappa shape index (κ3) is 3.08. The Morgan fingerprint density at radius 3 is 3.24 bits per heavy atom. The van der Waals surface area contributed by atoms with Crippen molar-refractivity contribution >= 4 is 5.91 Å². The number of amides is 1. The molecule has 2 N–H and O–H groups in total. The van der Waals surface area contributed by atoms with E-state index < -0.39 is 0 Å². The molecule has 1 aliphatic heterocycles. The lowest BCUT2D eigenvalue weighted by Gasteiger charge is -2.19. The number of rotatable bonds is 5. The minimum atomic E-state index is -0.206. The first kappa shape index (κ1) is 13.7. The molecule has 7 heteroatoms. The van der Waals surface area contributed by atoms with Crippen molar-refractivity contribution in [2.75, 3.05) is 13.2 Å². The summed E-state index contributed by atoms with van der Waals surface area (Å²) in [6, 6.07) is 1.56. The highest BCUT2D eigenvalue weighted by molar-refractivity contribution is 5.94. The SMILES string of the molecule is CCn1cc(O[C@@H]2COC[C@@H]2NC(=O)c2cc[nH]c2)cn1. The number of aromatic amines is 1. The summed E-state index contributed by atoms with van der Waals surface area (Å²) in [5.41, 5.74) is 0.597. The molecular formula is C14H18N4O3. The number of carbonyl (C=O) groups is 1. The van der Waals surface area contributed by atoms with E-state index >= 15 is 0 Å². The Morgan fingerprint density at radius 1 is 1.62 bits per heavy atom. The van der Waals surface area contributed by atoms with Crippen LogP contribution in [-0.4, -0.2) is 46.0 Å². The maximum atomic E-state index is 12.1. The molecule has 7 nitrogen and oxygen atoms in total. The van der Waals surface area contributed by atoms with Crippen LogP contribution in [0.1, 0.15) is 17.3 Å². The molecule has 1 aliphatic rings. The predicted octanol–water partition coefficient (Wildman–Crippen LogP) is 0.807. The molecule has 21 heavy (non-hydrogen) atoms. The van der Waals surface area contributed by atoms with Gasteiger partial charge in [0.05, 0.1) is 37.2 Å². The summed E-state index contributed by atoms with van der Waals surface area (Å²) >= 11 is 0. The largest absolute Gasteiger partial charge is 0.482 e. The van der Waals surface area contributed by atoms with Crippen LogP contribution >= 0.6 is 0 Å². The lowest BCUT2D eigenvalue weighted by Crippen LogP contribution is -2.45. The zero-order valence-corrected chi connectivity index (χ0v) is 11.8. The smallest absolute Gasteiger partial charge is 0.253 e. The average molecular weight is 290 g/mol. The van der Waals surface area contributed by atoms with Crippen LogP contribution in [-0.2, 0) is 11.3 Å². The summed E-state index contributed by atoms with van der Waals surface area (Å²) in [5, 5.41) is 7.10. The first-order valence-corrected chi connectivity index (χ1v) is 6.96. The van der Waals surface area contributed by atoms with E-state index in [1.54, 1.807) is 29.3 Å². The zero-order chi connectivity index (χ0) is 14.7. The van der Waals surface area contributed by atoms with Crippen LogP contribution in [0.2, 0.25) is 0 Å². The molecule has 1 amide bonds. The quantitative estimate of drug-likeness (QED) is 0.853. The number of hydrogen-bond acceptors (Lipinski definition) is 4. The number of aromatic nitrogens is 3. The molecule has 1 fully saturated rings. The second kappa shape index (κ2) is 6.01. The fraction of sp³-hybridized carbons (Fsp3) is 0.429. The van der Waals surface area contributed by atoms with Gasteiger partial charge in [-0.3, -0.25) is 9.48 Å². The summed E-state index contributed by atoms with van der Waals surface area (Å²) in [4.78, 5) is 14.9. The highest BCUT2D eigenvalue weighted by Crippen LogP contribution is 2.17. The van der Waals surface area contributed by atoms with Crippen LogP contribution < -0.4 is 10.1 Å². The molecule has 0 radical (unpaired) electrons. The van der Waals surface area contributed by atoms with Crippen LogP contribution in [0.5, 0.6) is 5.75 Å². The van der Waals surface area contributed by atoms with Gasteiger partial charge >= 0.3 is 0 Å². The fourth-order valence-corrected chi connectivity index (χ4v) is 2.26. The Bertz CT molecular complexity index is 593. The summed E-state index contributed by atoms with van der Waals surface area (Å²) in [5.74, 6) is 0.554. The van der Waals surface area contributed by atoms with Gasteiger partial charge in [-0.25, -0.2) is 0 Å². The highest BCUT2D eigenvalue weighted by atomic mass is 16.5. The van der Waals surface area contributed by atoms with Gasteiger partial charge in [0.15, 0.2) is 5.75 Å².